The quantitative estimate of drug-likeness (QED) is 0.661. The van der Waals surface area contributed by atoms with E-state index in [2.05, 4.69) is 5.32 Å². The second-order valence-corrected chi connectivity index (χ2v) is 10.3. The van der Waals surface area contributed by atoms with Gasteiger partial charge in [-0.3, -0.25) is 4.79 Å². The SMILES string of the molecule is O=C(Nc1ccc(N2S(=O)(=O)c3ccccc3S2(=O)=O)cc1)c1ccccc1Cl. The van der Waals surface area contributed by atoms with Crippen molar-refractivity contribution in [2.75, 3.05) is 9.03 Å². The van der Waals surface area contributed by atoms with Gasteiger partial charge >= 0.3 is 0 Å². The molecule has 1 aliphatic heterocycles. The van der Waals surface area contributed by atoms with Gasteiger partial charge in [0.2, 0.25) is 0 Å². The van der Waals surface area contributed by atoms with E-state index in [0.717, 1.165) is 0 Å². The van der Waals surface area contributed by atoms with Crippen LogP contribution < -0.4 is 9.03 Å². The summed E-state index contributed by atoms with van der Waals surface area (Å²) in [5, 5.41) is 2.92. The predicted molar refractivity (Wildman–Crippen MR) is 109 cm³/mol. The molecular formula is C19H13ClN2O5S2. The van der Waals surface area contributed by atoms with Gasteiger partial charge in [0.15, 0.2) is 0 Å². The van der Waals surface area contributed by atoms with Crippen molar-refractivity contribution >= 4 is 48.9 Å². The molecule has 4 rings (SSSR count). The van der Waals surface area contributed by atoms with Gasteiger partial charge in [-0.1, -0.05) is 35.9 Å². The average Bonchev–Trinajstić information content (AvgIpc) is 2.85. The van der Waals surface area contributed by atoms with Crippen LogP contribution in [0.3, 0.4) is 0 Å². The fourth-order valence-corrected chi connectivity index (χ4v) is 7.64. The highest BCUT2D eigenvalue weighted by molar-refractivity contribution is 8.12. The molecule has 3 aromatic carbocycles. The molecule has 1 aliphatic rings. The van der Waals surface area contributed by atoms with Gasteiger partial charge in [0.25, 0.3) is 26.0 Å². The van der Waals surface area contributed by atoms with Crippen molar-refractivity contribution in [1.29, 1.82) is 0 Å². The van der Waals surface area contributed by atoms with Crippen molar-refractivity contribution in [3.63, 3.8) is 0 Å². The zero-order chi connectivity index (χ0) is 20.8. The fourth-order valence-electron chi connectivity index (χ4n) is 2.97. The number of carbonyl (C=O) groups is 1. The van der Waals surface area contributed by atoms with Crippen LogP contribution in [0.1, 0.15) is 10.4 Å². The van der Waals surface area contributed by atoms with Crippen molar-refractivity contribution in [1.82, 2.24) is 0 Å². The molecule has 0 atom stereocenters. The van der Waals surface area contributed by atoms with Crippen LogP contribution in [-0.4, -0.2) is 22.7 Å². The Bertz CT molecular complexity index is 1280. The number of carbonyl (C=O) groups excluding carboxylic acids is 1. The summed E-state index contributed by atoms with van der Waals surface area (Å²) >= 11 is 6.00. The molecule has 0 saturated heterocycles. The van der Waals surface area contributed by atoms with Crippen molar-refractivity contribution in [2.24, 2.45) is 0 Å². The lowest BCUT2D eigenvalue weighted by atomic mass is 10.2. The van der Waals surface area contributed by atoms with Crippen LogP contribution in [-0.2, 0) is 20.0 Å². The lowest BCUT2D eigenvalue weighted by Gasteiger charge is -2.16. The molecular weight excluding hydrogens is 436 g/mol. The fraction of sp³-hybridized carbons (Fsp3) is 0. The Morgan fingerprint density at radius 1 is 0.759 bits per heavy atom. The minimum atomic E-state index is -4.25. The van der Waals surface area contributed by atoms with Gasteiger partial charge in [0, 0.05) is 5.69 Å². The van der Waals surface area contributed by atoms with E-state index in [9.17, 15) is 21.6 Å². The highest BCUT2D eigenvalue weighted by Gasteiger charge is 2.47. The van der Waals surface area contributed by atoms with Crippen LogP contribution in [0, 0.1) is 0 Å². The monoisotopic (exact) mass is 448 g/mol. The zero-order valence-corrected chi connectivity index (χ0v) is 17.0. The number of hydrogen-bond acceptors (Lipinski definition) is 5. The topological polar surface area (TPSA) is 101 Å². The maximum atomic E-state index is 12.7. The van der Waals surface area contributed by atoms with E-state index < -0.39 is 26.0 Å². The molecule has 0 unspecified atom stereocenters. The maximum absolute atomic E-state index is 12.7. The smallest absolute Gasteiger partial charge is 0.279 e. The van der Waals surface area contributed by atoms with Crippen LogP contribution in [0.15, 0.2) is 82.6 Å². The average molecular weight is 449 g/mol. The van der Waals surface area contributed by atoms with Crippen molar-refractivity contribution in [3.8, 4) is 0 Å². The summed E-state index contributed by atoms with van der Waals surface area (Å²) in [5.74, 6) is -0.447. The van der Waals surface area contributed by atoms with Crippen molar-refractivity contribution in [2.45, 2.75) is 9.79 Å². The minimum absolute atomic E-state index is 0.0584. The first kappa shape index (κ1) is 19.4. The van der Waals surface area contributed by atoms with Crippen molar-refractivity contribution in [3.05, 3.63) is 83.4 Å². The Hall–Kier alpha value is -2.88. The number of fused-ring (bicyclic) bond motifs is 1. The zero-order valence-electron chi connectivity index (χ0n) is 14.6. The molecule has 0 spiro atoms. The Kier molecular flexibility index (Phi) is 4.60. The first-order valence-corrected chi connectivity index (χ1v) is 11.5. The molecule has 3 aromatic rings. The highest BCUT2D eigenvalue weighted by Crippen LogP contribution is 2.40. The van der Waals surface area contributed by atoms with E-state index in [4.69, 9.17) is 11.6 Å². The van der Waals surface area contributed by atoms with E-state index in [0.29, 0.717) is 9.40 Å². The Morgan fingerprint density at radius 3 is 1.83 bits per heavy atom. The second-order valence-electron chi connectivity index (χ2n) is 6.13. The molecule has 0 aromatic heterocycles. The summed E-state index contributed by atoms with van der Waals surface area (Å²) < 4.78 is 51.4. The van der Waals surface area contributed by atoms with E-state index in [1.165, 1.54) is 48.5 Å². The molecule has 7 nitrogen and oxygen atoms in total. The predicted octanol–water partition coefficient (Wildman–Crippen LogP) is 3.49. The van der Waals surface area contributed by atoms with Gasteiger partial charge in [0.05, 0.1) is 16.3 Å². The lowest BCUT2D eigenvalue weighted by Crippen LogP contribution is -2.30. The molecule has 10 heteroatoms. The molecule has 148 valence electrons. The molecule has 0 bridgehead atoms. The standard InChI is InChI=1S/C19H13ClN2O5S2/c20-16-6-2-1-5-15(16)19(23)21-13-9-11-14(12-10-13)22-28(24,25)17-7-3-4-8-18(17)29(22,26)27/h1-12H,(H,21,23). The first-order chi connectivity index (χ1) is 13.7. The number of nitrogens with one attached hydrogen (secondary N) is 1. The number of nitrogens with zero attached hydrogens (tertiary/aromatic N) is 1. The molecule has 1 heterocycles. The third-order valence-electron chi connectivity index (χ3n) is 4.30. The Labute approximate surface area is 172 Å². The van der Waals surface area contributed by atoms with Gasteiger partial charge in [-0.15, -0.1) is 0 Å². The number of hydrogen-bond donors (Lipinski definition) is 1. The summed E-state index contributed by atoms with van der Waals surface area (Å²) in [5.41, 5.74) is 0.570. The molecule has 0 radical (unpaired) electrons. The van der Waals surface area contributed by atoms with E-state index in [-0.39, 0.29) is 26.1 Å². The summed E-state index contributed by atoms with van der Waals surface area (Å²) in [6, 6.07) is 17.4. The van der Waals surface area contributed by atoms with Gasteiger partial charge in [0.1, 0.15) is 9.79 Å². The van der Waals surface area contributed by atoms with Crippen LogP contribution in [0.4, 0.5) is 11.4 Å². The number of amides is 1. The van der Waals surface area contributed by atoms with Crippen LogP contribution in [0.5, 0.6) is 0 Å². The van der Waals surface area contributed by atoms with Gasteiger partial charge in [-0.05, 0) is 48.5 Å². The molecule has 0 aliphatic carbocycles. The molecule has 1 N–H and O–H groups in total. The van der Waals surface area contributed by atoms with Crippen LogP contribution >= 0.6 is 11.6 Å². The largest absolute Gasteiger partial charge is 0.322 e. The third-order valence-corrected chi connectivity index (χ3v) is 9.05. The number of sulfonamides is 2. The van der Waals surface area contributed by atoms with Crippen LogP contribution in [0.2, 0.25) is 5.02 Å². The molecule has 29 heavy (non-hydrogen) atoms. The number of benzene rings is 3. The Balaban J connectivity index is 1.65. The van der Waals surface area contributed by atoms with Crippen molar-refractivity contribution < 1.29 is 21.6 Å². The highest BCUT2D eigenvalue weighted by atomic mass is 35.5. The maximum Gasteiger partial charge on any atom is 0.279 e. The molecule has 0 fully saturated rings. The van der Waals surface area contributed by atoms with E-state index in [1.54, 1.807) is 24.3 Å². The number of rotatable bonds is 3. The minimum Gasteiger partial charge on any atom is -0.322 e. The van der Waals surface area contributed by atoms with E-state index >= 15 is 0 Å². The molecule has 1 amide bonds. The van der Waals surface area contributed by atoms with E-state index in [1.807, 2.05) is 0 Å². The van der Waals surface area contributed by atoms with Gasteiger partial charge in [-0.2, -0.15) is 20.5 Å². The number of halogens is 1. The van der Waals surface area contributed by atoms with Gasteiger partial charge < -0.3 is 5.32 Å². The number of anilines is 2. The Morgan fingerprint density at radius 2 is 1.28 bits per heavy atom. The second kappa shape index (κ2) is 6.87. The van der Waals surface area contributed by atoms with Crippen LogP contribution in [0.25, 0.3) is 0 Å². The summed E-state index contributed by atoms with van der Waals surface area (Å²) in [4.78, 5) is 11.8. The first-order valence-electron chi connectivity index (χ1n) is 8.28. The third kappa shape index (κ3) is 3.17. The molecule has 0 saturated carbocycles. The summed E-state index contributed by atoms with van der Waals surface area (Å²) in [6.45, 7) is 0. The lowest BCUT2D eigenvalue weighted by molar-refractivity contribution is 0.102. The normalized spacial score (nSPS) is 16.2. The summed E-state index contributed by atoms with van der Waals surface area (Å²) in [6.07, 6.45) is 0. The summed E-state index contributed by atoms with van der Waals surface area (Å²) in [7, 11) is -8.50. The van der Waals surface area contributed by atoms with Gasteiger partial charge in [-0.25, -0.2) is 0 Å².